The van der Waals surface area contributed by atoms with Gasteiger partial charge in [-0.05, 0) is 56.1 Å². The summed E-state index contributed by atoms with van der Waals surface area (Å²) in [7, 11) is 1.66. The Morgan fingerprint density at radius 1 is 1.02 bits per heavy atom. The molecule has 0 radical (unpaired) electrons. The van der Waals surface area contributed by atoms with Crippen LogP contribution in [0.1, 0.15) is 46.1 Å². The number of methoxy groups -OCH3 is 1. The molecule has 1 atom stereocenters. The molecule has 1 aromatic heterocycles. The molecule has 4 aromatic rings. The number of alkyl halides is 3. The van der Waals surface area contributed by atoms with Crippen LogP contribution in [0.4, 0.5) is 13.2 Å². The number of halogens is 3. The third kappa shape index (κ3) is 7.34. The van der Waals surface area contributed by atoms with Crippen molar-refractivity contribution >= 4 is 23.0 Å². The Labute approximate surface area is 267 Å². The first-order chi connectivity index (χ1) is 22.5. The number of para-hydroxylation sites is 1. The fourth-order valence-corrected chi connectivity index (χ4v) is 5.83. The second-order valence-corrected chi connectivity index (χ2v) is 11.2. The largest absolute Gasteiger partial charge is 0.490 e. The summed E-state index contributed by atoms with van der Waals surface area (Å²) in [4.78, 5) is 27.7. The van der Waals surface area contributed by atoms with E-state index in [4.69, 9.17) is 29.1 Å². The van der Waals surface area contributed by atoms with Gasteiger partial charge in [-0.25, -0.2) is 14.6 Å². The zero-order chi connectivity index (χ0) is 33.8. The maximum absolute atomic E-state index is 11.5. The van der Waals surface area contributed by atoms with Crippen molar-refractivity contribution in [2.24, 2.45) is 0 Å². The van der Waals surface area contributed by atoms with E-state index in [1.165, 1.54) is 0 Å². The number of aliphatic hydroxyl groups is 1. The van der Waals surface area contributed by atoms with Crippen LogP contribution in [0.2, 0.25) is 0 Å². The summed E-state index contributed by atoms with van der Waals surface area (Å²) in [6, 6.07) is 20.6. The molecule has 3 N–H and O–H groups in total. The van der Waals surface area contributed by atoms with Crippen LogP contribution in [0.15, 0.2) is 66.7 Å². The van der Waals surface area contributed by atoms with Crippen LogP contribution in [-0.2, 0) is 28.4 Å². The molecule has 47 heavy (non-hydrogen) atoms. The Bertz CT molecular complexity index is 1720. The van der Waals surface area contributed by atoms with Crippen LogP contribution in [0.5, 0.6) is 11.5 Å². The van der Waals surface area contributed by atoms with Crippen molar-refractivity contribution in [1.82, 2.24) is 14.5 Å². The van der Waals surface area contributed by atoms with Crippen LogP contribution < -0.4 is 9.47 Å². The zero-order valence-electron chi connectivity index (χ0n) is 25.4. The second kappa shape index (κ2) is 14.0. The first kappa shape index (κ1) is 33.7. The summed E-state index contributed by atoms with van der Waals surface area (Å²) in [5.41, 5.74) is 3.73. The number of likely N-dealkylation sites (tertiary alicyclic amines) is 1. The number of fused-ring (bicyclic) bond motifs is 2. The molecule has 2 aliphatic rings. The number of benzene rings is 3. The van der Waals surface area contributed by atoms with Crippen LogP contribution in [0, 0.1) is 0 Å². The molecule has 0 spiro atoms. The summed E-state index contributed by atoms with van der Waals surface area (Å²) in [6.45, 7) is 3.25. The Balaban J connectivity index is 0.000000559. The van der Waals surface area contributed by atoms with Gasteiger partial charge in [0.15, 0.2) is 11.5 Å². The summed E-state index contributed by atoms with van der Waals surface area (Å²) in [5.74, 6) is -2.37. The predicted molar refractivity (Wildman–Crippen MR) is 162 cm³/mol. The number of hydrogen-bond acceptors (Lipinski definition) is 8. The molecule has 0 aliphatic carbocycles. The van der Waals surface area contributed by atoms with Crippen LogP contribution in [0.25, 0.3) is 11.0 Å². The molecular weight excluding hydrogens is 623 g/mol. The Kier molecular flexibility index (Phi) is 10.0. The van der Waals surface area contributed by atoms with E-state index in [1.807, 2.05) is 42.5 Å². The van der Waals surface area contributed by atoms with E-state index in [0.717, 1.165) is 59.7 Å². The average Bonchev–Trinajstić information content (AvgIpc) is 3.62. The molecule has 0 saturated carbocycles. The molecule has 11 nitrogen and oxygen atoms in total. The molecule has 3 heterocycles. The quantitative estimate of drug-likeness (QED) is 0.225. The highest BCUT2D eigenvalue weighted by atomic mass is 19.4. The van der Waals surface area contributed by atoms with Crippen molar-refractivity contribution < 1.29 is 52.3 Å². The highest BCUT2D eigenvalue weighted by molar-refractivity contribution is 5.92. The minimum Gasteiger partial charge on any atom is -0.478 e. The molecule has 1 unspecified atom stereocenters. The van der Waals surface area contributed by atoms with Gasteiger partial charge in [-0.3, -0.25) is 4.90 Å². The van der Waals surface area contributed by atoms with E-state index in [1.54, 1.807) is 25.3 Å². The van der Waals surface area contributed by atoms with Crippen LogP contribution >= 0.6 is 0 Å². The van der Waals surface area contributed by atoms with E-state index in [-0.39, 0.29) is 12.2 Å². The van der Waals surface area contributed by atoms with Crippen molar-refractivity contribution in [1.29, 1.82) is 0 Å². The van der Waals surface area contributed by atoms with Gasteiger partial charge in [-0.1, -0.05) is 42.5 Å². The number of ether oxygens (including phenoxy) is 3. The fraction of sp³-hybridized carbons (Fsp3) is 0.364. The first-order valence-electron chi connectivity index (χ1n) is 14.9. The van der Waals surface area contributed by atoms with Crippen molar-refractivity contribution in [3.8, 4) is 11.5 Å². The Morgan fingerprint density at radius 3 is 2.34 bits per heavy atom. The number of carbonyl (C=O) groups is 2. The van der Waals surface area contributed by atoms with Crippen molar-refractivity contribution in [2.45, 2.75) is 43.8 Å². The highest BCUT2D eigenvalue weighted by Crippen LogP contribution is 2.49. The van der Waals surface area contributed by atoms with Gasteiger partial charge >= 0.3 is 23.9 Å². The Hall–Kier alpha value is -4.66. The minimum atomic E-state index is -5.08. The van der Waals surface area contributed by atoms with Gasteiger partial charge in [0, 0.05) is 24.8 Å². The number of aromatic carboxylic acids is 1. The predicted octanol–water partition coefficient (Wildman–Crippen LogP) is 5.01. The lowest BCUT2D eigenvalue weighted by Gasteiger charge is -2.32. The number of hydrogen-bond donors (Lipinski definition) is 3. The molecule has 0 amide bonds. The first-order valence-corrected chi connectivity index (χ1v) is 14.9. The van der Waals surface area contributed by atoms with Crippen LogP contribution in [-0.4, -0.2) is 81.3 Å². The highest BCUT2D eigenvalue weighted by Gasteiger charge is 2.45. The van der Waals surface area contributed by atoms with Gasteiger partial charge in [-0.15, -0.1) is 0 Å². The number of imidazole rings is 1. The fourth-order valence-electron chi connectivity index (χ4n) is 5.83. The van der Waals surface area contributed by atoms with Gasteiger partial charge in [0.25, 0.3) is 0 Å². The second-order valence-electron chi connectivity index (χ2n) is 11.2. The SMILES string of the molecule is COCCn1c(CN2CCC(c3cccc4c3OC(CO)(c3ccccc3)O4)CC2)nc2ccc(C(=O)O)cc21.O=C(O)C(F)(F)F. The number of aromatic nitrogens is 2. The summed E-state index contributed by atoms with van der Waals surface area (Å²) >= 11 is 0. The third-order valence-electron chi connectivity index (χ3n) is 8.20. The molecule has 250 valence electrons. The average molecular weight is 658 g/mol. The van der Waals surface area contributed by atoms with E-state index in [0.29, 0.717) is 31.4 Å². The molecular formula is C33H34F3N3O8. The van der Waals surface area contributed by atoms with Crippen molar-refractivity contribution in [3.63, 3.8) is 0 Å². The third-order valence-corrected chi connectivity index (χ3v) is 8.20. The summed E-state index contributed by atoms with van der Waals surface area (Å²) in [6.07, 6.45) is -3.20. The van der Waals surface area contributed by atoms with Gasteiger partial charge in [-0.2, -0.15) is 13.2 Å². The van der Waals surface area contributed by atoms with E-state index >= 15 is 0 Å². The summed E-state index contributed by atoms with van der Waals surface area (Å²) < 4.78 is 51.7. The van der Waals surface area contributed by atoms with E-state index < -0.39 is 23.9 Å². The maximum atomic E-state index is 11.5. The standard InChI is InChI=1S/C31H33N3O6.C2HF3O2/c1-38-17-16-34-26-18-22(30(36)37)10-11-25(26)32-28(34)19-33-14-12-21(13-15-33)24-8-5-9-27-29(24)40-31(20-35,39-27)23-6-3-2-4-7-23;3-2(4,5)1(6)7/h2-11,18,21,35H,12-17,19-20H2,1H3,(H,36,37);(H,6,7). The molecule has 6 rings (SSSR count). The normalized spacial score (nSPS) is 18.1. The monoisotopic (exact) mass is 657 g/mol. The van der Waals surface area contributed by atoms with Gasteiger partial charge < -0.3 is 34.1 Å². The zero-order valence-corrected chi connectivity index (χ0v) is 25.4. The number of aliphatic hydroxyl groups excluding tert-OH is 1. The van der Waals surface area contributed by atoms with Crippen LogP contribution in [0.3, 0.4) is 0 Å². The number of aliphatic carboxylic acids is 1. The smallest absolute Gasteiger partial charge is 0.478 e. The molecule has 0 bridgehead atoms. The molecule has 1 saturated heterocycles. The molecule has 3 aromatic carbocycles. The van der Waals surface area contributed by atoms with Gasteiger partial charge in [0.2, 0.25) is 0 Å². The lowest BCUT2D eigenvalue weighted by Crippen LogP contribution is -2.39. The molecule has 1 fully saturated rings. The number of carboxylic acids is 2. The maximum Gasteiger partial charge on any atom is 0.490 e. The van der Waals surface area contributed by atoms with E-state index in [2.05, 4.69) is 15.5 Å². The van der Waals surface area contributed by atoms with Gasteiger partial charge in [0.05, 0.1) is 29.7 Å². The topological polar surface area (TPSA) is 144 Å². The van der Waals surface area contributed by atoms with E-state index in [9.17, 15) is 28.2 Å². The lowest BCUT2D eigenvalue weighted by molar-refractivity contribution is -0.192. The van der Waals surface area contributed by atoms with Crippen molar-refractivity contribution in [3.05, 3.63) is 89.2 Å². The number of carboxylic acid groups (broad SMARTS) is 2. The summed E-state index contributed by atoms with van der Waals surface area (Å²) in [5, 5.41) is 26.9. The number of rotatable bonds is 9. The number of nitrogens with zero attached hydrogens (tertiary/aromatic N) is 3. The number of piperidine rings is 1. The van der Waals surface area contributed by atoms with Gasteiger partial charge in [0.1, 0.15) is 12.4 Å². The minimum absolute atomic E-state index is 0.248. The molecule has 14 heteroatoms. The lowest BCUT2D eigenvalue weighted by atomic mass is 9.88. The Morgan fingerprint density at radius 2 is 1.72 bits per heavy atom. The van der Waals surface area contributed by atoms with Crippen molar-refractivity contribution in [2.75, 3.05) is 33.4 Å². The molecule has 2 aliphatic heterocycles.